The summed E-state index contributed by atoms with van der Waals surface area (Å²) in [5, 5.41) is 8.53. The number of rotatable bonds is 6. The molecule has 0 aliphatic heterocycles. The standard InChI is InChI=1S/C9H13Cl3O3/c1-3-4-7(9(10,11)12)15-6(2)5-8(13)14/h3,6-7H,1,4-5H2,2H3,(H,13,14)/t6-,7+/m1/s1. The van der Waals surface area contributed by atoms with Crippen molar-refractivity contribution in [1.82, 2.24) is 0 Å². The van der Waals surface area contributed by atoms with Gasteiger partial charge in [0.25, 0.3) is 0 Å². The molecule has 3 nitrogen and oxygen atoms in total. The fraction of sp³-hybridized carbons (Fsp3) is 0.667. The van der Waals surface area contributed by atoms with Crippen molar-refractivity contribution >= 4 is 40.8 Å². The van der Waals surface area contributed by atoms with Gasteiger partial charge in [-0.3, -0.25) is 4.79 Å². The van der Waals surface area contributed by atoms with E-state index < -0.39 is 22.0 Å². The molecule has 0 fully saturated rings. The Bertz CT molecular complexity index is 225. The number of halogens is 3. The van der Waals surface area contributed by atoms with E-state index in [-0.39, 0.29) is 6.42 Å². The van der Waals surface area contributed by atoms with E-state index in [2.05, 4.69) is 6.58 Å². The summed E-state index contributed by atoms with van der Waals surface area (Å²) in [6.45, 7) is 5.12. The molecule has 0 unspecified atom stereocenters. The minimum Gasteiger partial charge on any atom is -0.481 e. The Morgan fingerprint density at radius 2 is 2.13 bits per heavy atom. The van der Waals surface area contributed by atoms with E-state index in [1.54, 1.807) is 13.0 Å². The van der Waals surface area contributed by atoms with Gasteiger partial charge in [-0.2, -0.15) is 0 Å². The van der Waals surface area contributed by atoms with Gasteiger partial charge in [-0.25, -0.2) is 0 Å². The van der Waals surface area contributed by atoms with Gasteiger partial charge >= 0.3 is 5.97 Å². The Hall–Kier alpha value is 0.0400. The summed E-state index contributed by atoms with van der Waals surface area (Å²) in [4.78, 5) is 10.4. The molecule has 88 valence electrons. The molecule has 0 saturated carbocycles. The first-order valence-electron chi connectivity index (χ1n) is 4.32. The smallest absolute Gasteiger partial charge is 0.305 e. The second-order valence-corrected chi connectivity index (χ2v) is 5.47. The number of alkyl halides is 3. The number of carboxylic acids is 1. The summed E-state index contributed by atoms with van der Waals surface area (Å²) in [7, 11) is 0. The first-order chi connectivity index (χ1) is 6.77. The van der Waals surface area contributed by atoms with Crippen molar-refractivity contribution < 1.29 is 14.6 Å². The third kappa shape index (κ3) is 7.01. The van der Waals surface area contributed by atoms with Crippen LogP contribution in [0.25, 0.3) is 0 Å². The molecule has 0 bridgehead atoms. The lowest BCUT2D eigenvalue weighted by molar-refractivity contribution is -0.140. The van der Waals surface area contributed by atoms with Crippen LogP contribution in [-0.2, 0) is 9.53 Å². The van der Waals surface area contributed by atoms with Crippen LogP contribution < -0.4 is 0 Å². The van der Waals surface area contributed by atoms with E-state index in [0.717, 1.165) is 0 Å². The van der Waals surface area contributed by atoms with Crippen LogP contribution in [-0.4, -0.2) is 27.1 Å². The van der Waals surface area contributed by atoms with Gasteiger partial charge < -0.3 is 9.84 Å². The largest absolute Gasteiger partial charge is 0.481 e. The van der Waals surface area contributed by atoms with Gasteiger partial charge in [0.2, 0.25) is 3.79 Å². The van der Waals surface area contributed by atoms with Gasteiger partial charge in [0.1, 0.15) is 6.10 Å². The van der Waals surface area contributed by atoms with Crippen molar-refractivity contribution in [2.75, 3.05) is 0 Å². The molecule has 0 saturated heterocycles. The zero-order valence-corrected chi connectivity index (χ0v) is 10.5. The van der Waals surface area contributed by atoms with Gasteiger partial charge in [-0.05, 0) is 13.3 Å². The molecule has 2 atom stereocenters. The molecule has 0 heterocycles. The Labute approximate surface area is 104 Å². The summed E-state index contributed by atoms with van der Waals surface area (Å²) in [6, 6.07) is 0. The fourth-order valence-corrected chi connectivity index (χ4v) is 1.41. The second kappa shape index (κ2) is 6.59. The van der Waals surface area contributed by atoms with E-state index in [1.807, 2.05) is 0 Å². The zero-order chi connectivity index (χ0) is 12.1. The Kier molecular flexibility index (Phi) is 6.60. The minimum absolute atomic E-state index is 0.131. The lowest BCUT2D eigenvalue weighted by Crippen LogP contribution is -2.32. The molecule has 0 aliphatic rings. The highest BCUT2D eigenvalue weighted by Crippen LogP contribution is 2.35. The van der Waals surface area contributed by atoms with Crippen LogP contribution in [0.4, 0.5) is 0 Å². The van der Waals surface area contributed by atoms with Gasteiger partial charge in [0.05, 0.1) is 12.5 Å². The van der Waals surface area contributed by atoms with Crippen LogP contribution >= 0.6 is 34.8 Å². The average molecular weight is 276 g/mol. The molecule has 15 heavy (non-hydrogen) atoms. The number of carbonyl (C=O) groups is 1. The van der Waals surface area contributed by atoms with E-state index >= 15 is 0 Å². The molecular formula is C9H13Cl3O3. The second-order valence-electron chi connectivity index (χ2n) is 3.10. The maximum Gasteiger partial charge on any atom is 0.305 e. The van der Waals surface area contributed by atoms with Crippen molar-refractivity contribution in [1.29, 1.82) is 0 Å². The lowest BCUT2D eigenvalue weighted by atomic mass is 10.2. The highest BCUT2D eigenvalue weighted by Gasteiger charge is 2.33. The molecule has 0 spiro atoms. The van der Waals surface area contributed by atoms with E-state index in [0.29, 0.717) is 6.42 Å². The molecule has 0 aromatic carbocycles. The molecule has 0 amide bonds. The minimum atomic E-state index is -1.58. The van der Waals surface area contributed by atoms with Gasteiger partial charge in [0, 0.05) is 0 Å². The molecular weight excluding hydrogens is 262 g/mol. The van der Waals surface area contributed by atoms with Crippen molar-refractivity contribution in [3.8, 4) is 0 Å². The lowest BCUT2D eigenvalue weighted by Gasteiger charge is -2.26. The predicted octanol–water partition coefficient (Wildman–Crippen LogP) is 3.18. The monoisotopic (exact) mass is 274 g/mol. The molecule has 0 radical (unpaired) electrons. The summed E-state index contributed by atoms with van der Waals surface area (Å²) >= 11 is 17.0. The molecule has 0 aliphatic carbocycles. The summed E-state index contributed by atoms with van der Waals surface area (Å²) in [5.74, 6) is -0.954. The van der Waals surface area contributed by atoms with Crippen molar-refractivity contribution in [3.05, 3.63) is 12.7 Å². The molecule has 6 heteroatoms. The molecule has 0 aromatic heterocycles. The Balaban J connectivity index is 4.28. The highest BCUT2D eigenvalue weighted by atomic mass is 35.6. The first-order valence-corrected chi connectivity index (χ1v) is 5.45. The molecule has 1 N–H and O–H groups in total. The van der Waals surface area contributed by atoms with E-state index in [4.69, 9.17) is 44.6 Å². The third-order valence-electron chi connectivity index (χ3n) is 1.60. The van der Waals surface area contributed by atoms with Crippen LogP contribution in [0.5, 0.6) is 0 Å². The average Bonchev–Trinajstić information content (AvgIpc) is 2.00. The van der Waals surface area contributed by atoms with E-state index in [1.165, 1.54) is 0 Å². The SMILES string of the molecule is C=CC[C@H](O[C@H](C)CC(=O)O)C(Cl)(Cl)Cl. The number of hydrogen-bond donors (Lipinski definition) is 1. The first kappa shape index (κ1) is 15.0. The van der Waals surface area contributed by atoms with Crippen LogP contribution in [0, 0.1) is 0 Å². The number of aliphatic carboxylic acids is 1. The quantitative estimate of drug-likeness (QED) is 0.598. The zero-order valence-electron chi connectivity index (χ0n) is 8.25. The summed E-state index contributed by atoms with van der Waals surface area (Å²) < 4.78 is 3.74. The normalized spacial score (nSPS) is 15.7. The topological polar surface area (TPSA) is 46.5 Å². The number of carboxylic acid groups (broad SMARTS) is 1. The molecule has 0 aromatic rings. The van der Waals surface area contributed by atoms with E-state index in [9.17, 15) is 4.79 Å². The van der Waals surface area contributed by atoms with Gasteiger partial charge in [0.15, 0.2) is 0 Å². The summed E-state index contributed by atoms with van der Waals surface area (Å²) in [6.07, 6.45) is 0.576. The van der Waals surface area contributed by atoms with Crippen molar-refractivity contribution in [2.24, 2.45) is 0 Å². The number of ether oxygens (including phenoxy) is 1. The van der Waals surface area contributed by atoms with Gasteiger partial charge in [-0.15, -0.1) is 6.58 Å². The van der Waals surface area contributed by atoms with Crippen LogP contribution in [0.2, 0.25) is 0 Å². The van der Waals surface area contributed by atoms with Crippen LogP contribution in [0.1, 0.15) is 19.8 Å². The van der Waals surface area contributed by atoms with Crippen LogP contribution in [0.15, 0.2) is 12.7 Å². The maximum absolute atomic E-state index is 10.4. The van der Waals surface area contributed by atoms with Crippen molar-refractivity contribution in [3.63, 3.8) is 0 Å². The Morgan fingerprint density at radius 1 is 1.60 bits per heavy atom. The number of hydrogen-bond acceptors (Lipinski definition) is 2. The Morgan fingerprint density at radius 3 is 2.47 bits per heavy atom. The van der Waals surface area contributed by atoms with Crippen LogP contribution in [0.3, 0.4) is 0 Å². The highest BCUT2D eigenvalue weighted by molar-refractivity contribution is 6.68. The maximum atomic E-state index is 10.4. The predicted molar refractivity (Wildman–Crippen MR) is 61.7 cm³/mol. The summed E-state index contributed by atoms with van der Waals surface area (Å²) in [5.41, 5.74) is 0. The third-order valence-corrected chi connectivity index (χ3v) is 2.33. The van der Waals surface area contributed by atoms with Crippen molar-refractivity contribution in [2.45, 2.75) is 35.8 Å². The van der Waals surface area contributed by atoms with Gasteiger partial charge in [-0.1, -0.05) is 40.9 Å². The molecule has 0 rings (SSSR count). The fourth-order valence-electron chi connectivity index (χ4n) is 0.992.